The van der Waals surface area contributed by atoms with Gasteiger partial charge in [0, 0.05) is 72.1 Å². The molecule has 27 heavy (non-hydrogen) atoms. The highest BCUT2D eigenvalue weighted by Crippen LogP contribution is 2.33. The van der Waals surface area contributed by atoms with Gasteiger partial charge in [-0.25, -0.2) is 4.98 Å². The van der Waals surface area contributed by atoms with Crippen LogP contribution in [0.25, 0.3) is 0 Å². The quantitative estimate of drug-likeness (QED) is 0.749. The number of carbonyl (C=O) groups is 1. The van der Waals surface area contributed by atoms with Crippen LogP contribution in [-0.2, 0) is 9.53 Å². The van der Waals surface area contributed by atoms with Gasteiger partial charge in [-0.05, 0) is 26.0 Å². The largest absolute Gasteiger partial charge is 0.383 e. The van der Waals surface area contributed by atoms with Crippen LogP contribution in [0.2, 0.25) is 0 Å². The van der Waals surface area contributed by atoms with Crippen molar-refractivity contribution in [3.8, 4) is 0 Å². The second kappa shape index (κ2) is 8.39. The van der Waals surface area contributed by atoms with E-state index in [-0.39, 0.29) is 11.4 Å². The third-order valence-electron chi connectivity index (χ3n) is 5.94. The highest BCUT2D eigenvalue weighted by molar-refractivity contribution is 5.76. The Balaban J connectivity index is 1.76. The maximum Gasteiger partial charge on any atom is 0.227 e. The number of anilines is 2. The average molecular weight is 377 g/mol. The van der Waals surface area contributed by atoms with Crippen molar-refractivity contribution in [2.45, 2.75) is 24.8 Å². The molecule has 1 spiro atoms. The molecule has 2 fully saturated rings. The van der Waals surface area contributed by atoms with Crippen LogP contribution < -0.4 is 9.80 Å². The number of nitrogens with zero attached hydrogens (tertiary/aromatic N) is 6. The summed E-state index contributed by atoms with van der Waals surface area (Å²) in [7, 11) is 7.84. The van der Waals surface area contributed by atoms with Crippen molar-refractivity contribution in [3.05, 3.63) is 12.3 Å². The van der Waals surface area contributed by atoms with Gasteiger partial charge in [0.25, 0.3) is 0 Å². The molecule has 0 N–H and O–H groups in total. The Hall–Kier alpha value is -1.93. The van der Waals surface area contributed by atoms with Gasteiger partial charge in [0.2, 0.25) is 11.9 Å². The highest BCUT2D eigenvalue weighted by Gasteiger charge is 2.42. The molecule has 150 valence electrons. The van der Waals surface area contributed by atoms with Crippen LogP contribution in [0.1, 0.15) is 19.3 Å². The minimum atomic E-state index is -0.0206. The van der Waals surface area contributed by atoms with E-state index >= 15 is 0 Å². The Bertz CT molecular complexity index is 655. The third-order valence-corrected chi connectivity index (χ3v) is 5.94. The number of hydrogen-bond acceptors (Lipinski definition) is 7. The first-order chi connectivity index (χ1) is 12.9. The van der Waals surface area contributed by atoms with Gasteiger partial charge >= 0.3 is 0 Å². The van der Waals surface area contributed by atoms with Gasteiger partial charge in [0.1, 0.15) is 5.82 Å². The fraction of sp³-hybridized carbons (Fsp3) is 0.737. The summed E-state index contributed by atoms with van der Waals surface area (Å²) in [5, 5.41) is 0. The molecule has 1 amide bonds. The number of amides is 1. The van der Waals surface area contributed by atoms with Crippen LogP contribution in [0.4, 0.5) is 11.8 Å². The Kier molecular flexibility index (Phi) is 6.16. The minimum Gasteiger partial charge on any atom is -0.383 e. The van der Waals surface area contributed by atoms with Gasteiger partial charge in [0.05, 0.1) is 6.61 Å². The zero-order valence-corrected chi connectivity index (χ0v) is 17.0. The Morgan fingerprint density at radius 1 is 1.26 bits per heavy atom. The molecule has 8 heteroatoms. The number of methoxy groups -OCH3 is 1. The van der Waals surface area contributed by atoms with E-state index in [1.807, 2.05) is 36.2 Å². The normalized spacial score (nSPS) is 24.4. The molecule has 0 radical (unpaired) electrons. The first-order valence-corrected chi connectivity index (χ1v) is 9.68. The predicted molar refractivity (Wildman–Crippen MR) is 106 cm³/mol. The number of likely N-dealkylation sites (N-methyl/N-ethyl adjacent to an activating group) is 1. The molecule has 0 bridgehead atoms. The van der Waals surface area contributed by atoms with Gasteiger partial charge in [0.15, 0.2) is 0 Å². The summed E-state index contributed by atoms with van der Waals surface area (Å²) in [5.41, 5.74) is -0.0206. The number of hydrogen-bond donors (Lipinski definition) is 0. The summed E-state index contributed by atoms with van der Waals surface area (Å²) in [4.78, 5) is 30.4. The van der Waals surface area contributed by atoms with Crippen molar-refractivity contribution >= 4 is 17.7 Å². The second-order valence-electron chi connectivity index (χ2n) is 7.80. The molecular formula is C19H32N6O2. The van der Waals surface area contributed by atoms with Crippen LogP contribution in [0.15, 0.2) is 12.3 Å². The zero-order valence-electron chi connectivity index (χ0n) is 17.0. The van der Waals surface area contributed by atoms with E-state index in [0.717, 1.165) is 50.8 Å². The Morgan fingerprint density at radius 3 is 2.81 bits per heavy atom. The van der Waals surface area contributed by atoms with E-state index in [1.54, 1.807) is 7.11 Å². The fourth-order valence-electron chi connectivity index (χ4n) is 4.04. The lowest BCUT2D eigenvalue weighted by Crippen LogP contribution is -2.61. The van der Waals surface area contributed by atoms with Gasteiger partial charge in [-0.15, -0.1) is 0 Å². The van der Waals surface area contributed by atoms with Crippen molar-refractivity contribution in [3.63, 3.8) is 0 Å². The third kappa shape index (κ3) is 4.32. The summed E-state index contributed by atoms with van der Waals surface area (Å²) >= 11 is 0. The molecule has 3 heterocycles. The first kappa shape index (κ1) is 19.8. The molecule has 2 saturated heterocycles. The van der Waals surface area contributed by atoms with E-state index in [9.17, 15) is 4.79 Å². The lowest BCUT2D eigenvalue weighted by atomic mass is 9.86. The summed E-state index contributed by atoms with van der Waals surface area (Å²) in [6, 6.07) is 1.92. The summed E-state index contributed by atoms with van der Waals surface area (Å²) in [6.07, 6.45) is 4.24. The molecule has 2 aliphatic heterocycles. The first-order valence-electron chi connectivity index (χ1n) is 9.68. The van der Waals surface area contributed by atoms with Crippen LogP contribution in [0, 0.1) is 0 Å². The van der Waals surface area contributed by atoms with Crippen LogP contribution in [-0.4, -0.2) is 98.8 Å². The van der Waals surface area contributed by atoms with E-state index in [2.05, 4.69) is 21.8 Å². The van der Waals surface area contributed by atoms with Crippen molar-refractivity contribution in [1.82, 2.24) is 19.8 Å². The van der Waals surface area contributed by atoms with Crippen molar-refractivity contribution in [2.75, 3.05) is 77.4 Å². The Morgan fingerprint density at radius 2 is 2.07 bits per heavy atom. The van der Waals surface area contributed by atoms with E-state index < -0.39 is 0 Å². The summed E-state index contributed by atoms with van der Waals surface area (Å²) < 4.78 is 5.16. The van der Waals surface area contributed by atoms with Crippen LogP contribution in [0.3, 0.4) is 0 Å². The Labute approximate surface area is 162 Å². The lowest BCUT2D eigenvalue weighted by Gasteiger charge is -2.49. The standard InChI is InChI=1S/C19H32N6O2/c1-22(2)16-6-9-20-18(21-16)25-12-11-23(3)19(15-25)7-5-17(26)24(10-8-19)13-14-27-4/h6,9H,5,7-8,10-15H2,1-4H3. The van der Waals surface area contributed by atoms with E-state index in [1.165, 1.54) is 0 Å². The highest BCUT2D eigenvalue weighted by atomic mass is 16.5. The number of likely N-dealkylation sites (tertiary alicyclic amines) is 1. The lowest BCUT2D eigenvalue weighted by molar-refractivity contribution is -0.131. The minimum absolute atomic E-state index is 0.0206. The van der Waals surface area contributed by atoms with Gasteiger partial charge < -0.3 is 19.4 Å². The van der Waals surface area contributed by atoms with Crippen molar-refractivity contribution < 1.29 is 9.53 Å². The fourth-order valence-corrected chi connectivity index (χ4v) is 4.04. The monoisotopic (exact) mass is 376 g/mol. The molecular weight excluding hydrogens is 344 g/mol. The number of carbonyl (C=O) groups excluding carboxylic acids is 1. The SMILES string of the molecule is COCCN1CCC2(CCC1=O)CN(c1nccc(N(C)C)n1)CCN2C. The molecule has 8 nitrogen and oxygen atoms in total. The molecule has 1 aromatic heterocycles. The van der Waals surface area contributed by atoms with Gasteiger partial charge in [-0.2, -0.15) is 4.98 Å². The molecule has 2 aliphatic rings. The molecule has 1 aromatic rings. The number of piperazine rings is 1. The van der Waals surface area contributed by atoms with Gasteiger partial charge in [-0.1, -0.05) is 0 Å². The van der Waals surface area contributed by atoms with Crippen molar-refractivity contribution in [2.24, 2.45) is 0 Å². The predicted octanol–water partition coefficient (Wildman–Crippen LogP) is 0.692. The smallest absolute Gasteiger partial charge is 0.227 e. The summed E-state index contributed by atoms with van der Waals surface area (Å²) in [6.45, 7) is 4.74. The number of ether oxygens (including phenoxy) is 1. The van der Waals surface area contributed by atoms with E-state index in [4.69, 9.17) is 9.72 Å². The maximum absolute atomic E-state index is 12.5. The molecule has 3 rings (SSSR count). The van der Waals surface area contributed by atoms with E-state index in [0.29, 0.717) is 19.6 Å². The maximum atomic E-state index is 12.5. The van der Waals surface area contributed by atoms with Crippen LogP contribution >= 0.6 is 0 Å². The number of aromatic nitrogens is 2. The van der Waals surface area contributed by atoms with Crippen molar-refractivity contribution in [1.29, 1.82) is 0 Å². The average Bonchev–Trinajstić information content (AvgIpc) is 2.82. The van der Waals surface area contributed by atoms with Gasteiger partial charge in [-0.3, -0.25) is 9.69 Å². The summed E-state index contributed by atoms with van der Waals surface area (Å²) in [5.74, 6) is 1.93. The topological polar surface area (TPSA) is 65.0 Å². The second-order valence-corrected chi connectivity index (χ2v) is 7.80. The molecule has 1 unspecified atom stereocenters. The molecule has 0 saturated carbocycles. The molecule has 0 aromatic carbocycles. The molecule has 1 atom stereocenters. The van der Waals surface area contributed by atoms with Crippen LogP contribution in [0.5, 0.6) is 0 Å². The zero-order chi connectivity index (χ0) is 19.4. The molecule has 0 aliphatic carbocycles. The number of rotatable bonds is 5.